The largest absolute Gasteiger partial charge is 0.481 e. The fourth-order valence-electron chi connectivity index (χ4n) is 4.30. The van der Waals surface area contributed by atoms with Crippen LogP contribution in [-0.4, -0.2) is 22.6 Å². The molecule has 2 atom stereocenters. The van der Waals surface area contributed by atoms with Gasteiger partial charge < -0.3 is 18.7 Å². The Morgan fingerprint density at radius 1 is 0.585 bits per heavy atom. The molecule has 0 saturated carbocycles. The molecule has 41 heavy (non-hydrogen) atoms. The van der Waals surface area contributed by atoms with Gasteiger partial charge in [0.25, 0.3) is 0 Å². The fraction of sp³-hybridized carbons (Fsp3) is 0.219. The Morgan fingerprint density at radius 2 is 0.951 bits per heavy atom. The van der Waals surface area contributed by atoms with Gasteiger partial charge >= 0.3 is 13.6 Å². The number of rotatable bonds is 16. The Hall–Kier alpha value is -3.31. The monoisotopic (exact) mass is 592 g/mol. The van der Waals surface area contributed by atoms with Crippen molar-refractivity contribution in [1.29, 1.82) is 0 Å². The number of hydrogen-bond donors (Lipinski definition) is 1. The van der Waals surface area contributed by atoms with Crippen LogP contribution in [0.1, 0.15) is 28.7 Å². The third-order valence-electron chi connectivity index (χ3n) is 6.53. The van der Waals surface area contributed by atoms with Crippen molar-refractivity contribution in [2.75, 3.05) is 6.16 Å². The molecule has 9 heteroatoms. The molecule has 0 fully saturated rings. The molecule has 0 saturated heterocycles. The second-order valence-electron chi connectivity index (χ2n) is 9.58. The van der Waals surface area contributed by atoms with E-state index in [2.05, 4.69) is 0 Å². The van der Waals surface area contributed by atoms with Crippen molar-refractivity contribution in [3.8, 4) is 0 Å². The lowest BCUT2D eigenvalue weighted by Gasteiger charge is -2.32. The van der Waals surface area contributed by atoms with Crippen LogP contribution in [0, 0.1) is 0 Å². The van der Waals surface area contributed by atoms with Crippen LogP contribution in [-0.2, 0) is 53.7 Å². The second kappa shape index (κ2) is 15.1. The Morgan fingerprint density at radius 3 is 1.34 bits per heavy atom. The molecule has 0 aliphatic carbocycles. The predicted octanol–water partition coefficient (Wildman–Crippen LogP) is 8.15. The summed E-state index contributed by atoms with van der Waals surface area (Å²) < 4.78 is 47.6. The first-order valence-corrected chi connectivity index (χ1v) is 16.8. The summed E-state index contributed by atoms with van der Waals surface area (Å²) >= 11 is 0. The molecule has 0 bridgehead atoms. The van der Waals surface area contributed by atoms with Gasteiger partial charge in [-0.05, 0) is 28.7 Å². The summed E-state index contributed by atoms with van der Waals surface area (Å²) in [7, 11) is -8.32. The highest BCUT2D eigenvalue weighted by Gasteiger charge is 2.50. The van der Waals surface area contributed by atoms with Gasteiger partial charge in [-0.15, -0.1) is 0 Å². The first-order valence-electron chi connectivity index (χ1n) is 13.4. The smallest absolute Gasteiger partial charge is 0.344 e. The molecule has 2 unspecified atom stereocenters. The normalized spacial score (nSPS) is 13.8. The molecule has 1 N–H and O–H groups in total. The number of aryl methyl sites for hydroxylation is 1. The maximum Gasteiger partial charge on any atom is 0.344 e. The Bertz CT molecular complexity index is 1250. The predicted molar refractivity (Wildman–Crippen MR) is 160 cm³/mol. The molecule has 4 rings (SSSR count). The average molecular weight is 593 g/mol. The molecular weight excluding hydrogens is 558 g/mol. The highest BCUT2D eigenvalue weighted by Crippen LogP contribution is 2.71. The van der Waals surface area contributed by atoms with Gasteiger partial charge in [0, 0.05) is 6.16 Å². The van der Waals surface area contributed by atoms with E-state index in [1.54, 1.807) is 24.3 Å². The van der Waals surface area contributed by atoms with E-state index in [4.69, 9.17) is 13.6 Å². The quantitative estimate of drug-likeness (QED) is 0.131. The van der Waals surface area contributed by atoms with Crippen molar-refractivity contribution in [2.45, 2.75) is 38.1 Å². The van der Waals surface area contributed by atoms with Gasteiger partial charge in [-0.2, -0.15) is 0 Å². The van der Waals surface area contributed by atoms with Gasteiger partial charge in [0.1, 0.15) is 5.40 Å². The van der Waals surface area contributed by atoms with Gasteiger partial charge in [-0.25, -0.2) is 0 Å². The van der Waals surface area contributed by atoms with Gasteiger partial charge in [-0.3, -0.25) is 13.9 Å². The SMILES string of the molecule is O=C(O)CC(P(=O)(CCc1ccccc1)OCc1ccccc1)P(=O)(OCc1ccccc1)OCc1ccccc1. The topological polar surface area (TPSA) is 99.1 Å². The Balaban J connectivity index is 1.70. The van der Waals surface area contributed by atoms with Crippen LogP contribution in [0.25, 0.3) is 0 Å². The molecule has 0 aromatic heterocycles. The molecule has 4 aromatic carbocycles. The van der Waals surface area contributed by atoms with Gasteiger partial charge in [0.05, 0.1) is 26.2 Å². The van der Waals surface area contributed by atoms with E-state index in [1.165, 1.54) is 0 Å². The molecule has 214 valence electrons. The lowest BCUT2D eigenvalue weighted by atomic mass is 10.2. The third-order valence-corrected chi connectivity index (χ3v) is 12.8. The summed E-state index contributed by atoms with van der Waals surface area (Å²) in [6.45, 7) is -0.263. The van der Waals surface area contributed by atoms with Crippen molar-refractivity contribution >= 4 is 20.9 Å². The average Bonchev–Trinajstić information content (AvgIpc) is 3.02. The van der Waals surface area contributed by atoms with Crippen LogP contribution in [0.4, 0.5) is 0 Å². The minimum absolute atomic E-state index is 0.0326. The molecule has 0 aliphatic rings. The van der Waals surface area contributed by atoms with Gasteiger partial charge in [0.15, 0.2) is 0 Å². The number of carbonyl (C=O) groups is 1. The highest BCUT2D eigenvalue weighted by atomic mass is 31.2. The van der Waals surface area contributed by atoms with E-state index in [9.17, 15) is 19.0 Å². The summed E-state index contributed by atoms with van der Waals surface area (Å²) in [5, 5.41) is 8.42. The zero-order valence-corrected chi connectivity index (χ0v) is 24.4. The van der Waals surface area contributed by atoms with Crippen molar-refractivity contribution in [3.05, 3.63) is 144 Å². The maximum atomic E-state index is 14.8. The van der Waals surface area contributed by atoms with Crippen LogP contribution in [0.3, 0.4) is 0 Å². The van der Waals surface area contributed by atoms with Crippen molar-refractivity contribution in [1.82, 2.24) is 0 Å². The lowest BCUT2D eigenvalue weighted by Crippen LogP contribution is -2.21. The molecular formula is C32H34O7P2. The summed E-state index contributed by atoms with van der Waals surface area (Å²) in [6.07, 6.45) is -0.405. The summed E-state index contributed by atoms with van der Waals surface area (Å²) in [6, 6.07) is 36.7. The van der Waals surface area contributed by atoms with Crippen molar-refractivity contribution in [3.63, 3.8) is 0 Å². The zero-order chi connectivity index (χ0) is 29.0. The summed E-state index contributed by atoms with van der Waals surface area (Å²) in [4.78, 5) is 12.2. The number of aliphatic carboxylic acids is 1. The van der Waals surface area contributed by atoms with Crippen molar-refractivity contribution in [2.24, 2.45) is 0 Å². The van der Waals surface area contributed by atoms with E-state index < -0.39 is 32.8 Å². The molecule has 0 amide bonds. The molecule has 0 radical (unpaired) electrons. The van der Waals surface area contributed by atoms with Crippen LogP contribution < -0.4 is 0 Å². The highest BCUT2D eigenvalue weighted by molar-refractivity contribution is 7.75. The zero-order valence-electron chi connectivity index (χ0n) is 22.7. The fourth-order valence-corrected chi connectivity index (χ4v) is 10.4. The Labute approximate surface area is 241 Å². The van der Waals surface area contributed by atoms with Crippen LogP contribution in [0.2, 0.25) is 0 Å². The number of carboxylic acid groups (broad SMARTS) is 1. The van der Waals surface area contributed by atoms with E-state index in [0.29, 0.717) is 6.42 Å². The molecule has 4 aromatic rings. The molecule has 0 aliphatic heterocycles. The van der Waals surface area contributed by atoms with Gasteiger partial charge in [-0.1, -0.05) is 121 Å². The lowest BCUT2D eigenvalue weighted by molar-refractivity contribution is -0.136. The standard InChI is InChI=1S/C32H34O7P2/c33-31(34)23-32(40(35,22-21-27-13-5-1-6-14-27)37-24-28-15-7-2-8-16-28)41(36,38-25-29-17-9-3-10-18-29)39-26-30-19-11-4-12-20-30/h1-20,32H,21-26H2,(H,33,34). The van der Waals surface area contributed by atoms with Crippen LogP contribution in [0.5, 0.6) is 0 Å². The van der Waals surface area contributed by atoms with Gasteiger partial charge in [0.2, 0.25) is 7.37 Å². The minimum atomic E-state index is -4.35. The van der Waals surface area contributed by atoms with E-state index in [1.807, 2.05) is 97.1 Å². The first-order chi connectivity index (χ1) is 19.9. The molecule has 0 heterocycles. The first kappa shape index (κ1) is 30.6. The molecule has 0 spiro atoms. The number of benzene rings is 4. The van der Waals surface area contributed by atoms with Crippen LogP contribution >= 0.6 is 15.0 Å². The van der Waals surface area contributed by atoms with Crippen LogP contribution in [0.15, 0.2) is 121 Å². The number of carboxylic acids is 1. The minimum Gasteiger partial charge on any atom is -0.481 e. The second-order valence-corrected chi connectivity index (χ2v) is 15.0. The molecule has 7 nitrogen and oxygen atoms in total. The summed E-state index contributed by atoms with van der Waals surface area (Å²) in [5.74, 6) is -1.27. The van der Waals surface area contributed by atoms with E-state index in [0.717, 1.165) is 22.3 Å². The maximum absolute atomic E-state index is 14.8. The Kier molecular flexibility index (Phi) is 11.3. The van der Waals surface area contributed by atoms with Crippen molar-refractivity contribution < 1.29 is 32.6 Å². The summed E-state index contributed by atoms with van der Waals surface area (Å²) in [5.41, 5.74) is 3.09. The van der Waals surface area contributed by atoms with E-state index >= 15 is 0 Å². The van der Waals surface area contributed by atoms with E-state index in [-0.39, 0.29) is 26.0 Å². The third kappa shape index (κ3) is 9.36. The number of hydrogen-bond acceptors (Lipinski definition) is 6.